The number of sulfone groups is 1. The van der Waals surface area contributed by atoms with Crippen molar-refractivity contribution in [1.29, 1.82) is 0 Å². The number of rotatable bonds is 6. The first-order valence-electron chi connectivity index (χ1n) is 11.7. The van der Waals surface area contributed by atoms with Gasteiger partial charge in [-0.15, -0.1) is 0 Å². The largest absolute Gasteiger partial charge is 0.372 e. The molecule has 0 aromatic heterocycles. The van der Waals surface area contributed by atoms with Gasteiger partial charge < -0.3 is 9.64 Å². The molecule has 0 N–H and O–H groups in total. The highest BCUT2D eigenvalue weighted by molar-refractivity contribution is 7.91. The molecule has 2 atom stereocenters. The minimum absolute atomic E-state index is 0.0925. The SMILES string of the molecule is Cc1cc(N2C[C@@H](C)O[C@@H](C)C2)cc(C)c1CCc1ccc(CS(=O)(=O)C(C)(C)C)cc1. The van der Waals surface area contributed by atoms with E-state index in [9.17, 15) is 8.42 Å². The Balaban J connectivity index is 1.67. The average molecular weight is 458 g/mol. The van der Waals surface area contributed by atoms with Gasteiger partial charge in [-0.25, -0.2) is 8.42 Å². The van der Waals surface area contributed by atoms with Gasteiger partial charge in [0, 0.05) is 18.8 Å². The summed E-state index contributed by atoms with van der Waals surface area (Å²) in [4.78, 5) is 2.44. The Morgan fingerprint density at radius 1 is 0.906 bits per heavy atom. The van der Waals surface area contributed by atoms with E-state index in [1.807, 2.05) is 12.1 Å². The maximum Gasteiger partial charge on any atom is 0.159 e. The van der Waals surface area contributed by atoms with Gasteiger partial charge in [0.15, 0.2) is 9.84 Å². The molecule has 0 spiro atoms. The van der Waals surface area contributed by atoms with Crippen molar-refractivity contribution in [3.05, 3.63) is 64.2 Å². The minimum Gasteiger partial charge on any atom is -0.372 e. The van der Waals surface area contributed by atoms with E-state index >= 15 is 0 Å². The molecule has 0 unspecified atom stereocenters. The second-order valence-corrected chi connectivity index (χ2v) is 13.2. The number of hydrogen-bond donors (Lipinski definition) is 0. The van der Waals surface area contributed by atoms with Gasteiger partial charge in [0.05, 0.1) is 22.7 Å². The van der Waals surface area contributed by atoms with Crippen LogP contribution in [-0.2, 0) is 33.2 Å². The molecule has 4 nitrogen and oxygen atoms in total. The van der Waals surface area contributed by atoms with Gasteiger partial charge in [0.25, 0.3) is 0 Å². The van der Waals surface area contributed by atoms with Crippen LogP contribution in [0, 0.1) is 13.8 Å². The molecule has 176 valence electrons. The summed E-state index contributed by atoms with van der Waals surface area (Å²) in [5.41, 5.74) is 7.45. The molecule has 32 heavy (non-hydrogen) atoms. The van der Waals surface area contributed by atoms with Crippen LogP contribution in [0.25, 0.3) is 0 Å². The molecule has 1 heterocycles. The lowest BCUT2D eigenvalue weighted by Crippen LogP contribution is -2.45. The van der Waals surface area contributed by atoms with Crippen LogP contribution in [0.5, 0.6) is 0 Å². The molecule has 1 fully saturated rings. The van der Waals surface area contributed by atoms with Crippen molar-refractivity contribution >= 4 is 15.5 Å². The van der Waals surface area contributed by atoms with Crippen LogP contribution in [0.3, 0.4) is 0 Å². The zero-order valence-electron chi connectivity index (χ0n) is 20.7. The maximum atomic E-state index is 12.5. The number of benzene rings is 2. The molecular weight excluding hydrogens is 418 g/mol. The van der Waals surface area contributed by atoms with Crippen molar-refractivity contribution < 1.29 is 13.2 Å². The Morgan fingerprint density at radius 2 is 1.41 bits per heavy atom. The van der Waals surface area contributed by atoms with Crippen LogP contribution in [-0.4, -0.2) is 38.5 Å². The van der Waals surface area contributed by atoms with Crippen LogP contribution >= 0.6 is 0 Å². The highest BCUT2D eigenvalue weighted by atomic mass is 32.2. The molecule has 1 aliphatic heterocycles. The molecule has 1 aliphatic rings. The summed E-state index contributed by atoms with van der Waals surface area (Å²) in [5, 5.41) is 0. The summed E-state index contributed by atoms with van der Waals surface area (Å²) in [6, 6.07) is 12.7. The maximum absolute atomic E-state index is 12.5. The predicted octanol–water partition coefficient (Wildman–Crippen LogP) is 5.42. The van der Waals surface area contributed by atoms with Crippen molar-refractivity contribution in [2.24, 2.45) is 0 Å². The first-order chi connectivity index (χ1) is 14.9. The Hall–Kier alpha value is -1.85. The molecule has 3 rings (SSSR count). The fourth-order valence-electron chi connectivity index (χ4n) is 4.44. The van der Waals surface area contributed by atoms with Crippen molar-refractivity contribution in [2.75, 3.05) is 18.0 Å². The highest BCUT2D eigenvalue weighted by Crippen LogP contribution is 2.27. The Morgan fingerprint density at radius 3 is 1.91 bits per heavy atom. The van der Waals surface area contributed by atoms with E-state index < -0.39 is 14.6 Å². The molecule has 2 aromatic carbocycles. The molecule has 0 aliphatic carbocycles. The van der Waals surface area contributed by atoms with Gasteiger partial charge >= 0.3 is 0 Å². The van der Waals surface area contributed by atoms with E-state index in [2.05, 4.69) is 56.9 Å². The molecule has 0 radical (unpaired) electrons. The zero-order valence-corrected chi connectivity index (χ0v) is 21.6. The van der Waals surface area contributed by atoms with Gasteiger partial charge in [0.1, 0.15) is 0 Å². The van der Waals surface area contributed by atoms with Crippen molar-refractivity contribution in [2.45, 2.75) is 84.0 Å². The number of aryl methyl sites for hydroxylation is 3. The Labute approximate surface area is 194 Å². The first kappa shape index (κ1) is 24.8. The smallest absolute Gasteiger partial charge is 0.159 e. The number of anilines is 1. The number of hydrogen-bond acceptors (Lipinski definition) is 4. The summed E-state index contributed by atoms with van der Waals surface area (Å²) in [6.45, 7) is 15.8. The fraction of sp³-hybridized carbons (Fsp3) is 0.556. The van der Waals surface area contributed by atoms with Gasteiger partial charge in [-0.1, -0.05) is 24.3 Å². The zero-order chi connectivity index (χ0) is 23.7. The molecule has 2 aromatic rings. The molecule has 0 amide bonds. The molecule has 5 heteroatoms. The van der Waals surface area contributed by atoms with E-state index in [-0.39, 0.29) is 18.0 Å². The molecule has 0 saturated carbocycles. The number of ether oxygens (including phenoxy) is 1. The van der Waals surface area contributed by atoms with Crippen molar-refractivity contribution in [3.8, 4) is 0 Å². The first-order valence-corrected chi connectivity index (χ1v) is 13.3. The van der Waals surface area contributed by atoms with Crippen LogP contribution < -0.4 is 4.90 Å². The summed E-state index contributed by atoms with van der Waals surface area (Å²) in [5.74, 6) is 0.0925. The normalized spacial score (nSPS) is 19.9. The summed E-state index contributed by atoms with van der Waals surface area (Å²) in [7, 11) is -3.16. The van der Waals surface area contributed by atoms with Gasteiger partial charge in [-0.2, -0.15) is 0 Å². The van der Waals surface area contributed by atoms with Gasteiger partial charge in [-0.3, -0.25) is 0 Å². The van der Waals surface area contributed by atoms with Crippen molar-refractivity contribution in [3.63, 3.8) is 0 Å². The third-order valence-corrected chi connectivity index (χ3v) is 9.02. The van der Waals surface area contributed by atoms with Crippen LogP contribution in [0.2, 0.25) is 0 Å². The molecular formula is C27H39NO3S. The average Bonchev–Trinajstić information content (AvgIpc) is 2.66. The Kier molecular flexibility index (Phi) is 7.41. The summed E-state index contributed by atoms with van der Waals surface area (Å²) in [6.07, 6.45) is 2.42. The number of nitrogens with zero attached hydrogens (tertiary/aromatic N) is 1. The minimum atomic E-state index is -3.16. The third-order valence-electron chi connectivity index (χ3n) is 6.44. The van der Waals surface area contributed by atoms with Crippen LogP contribution in [0.1, 0.15) is 62.4 Å². The van der Waals surface area contributed by atoms with E-state index in [1.165, 1.54) is 27.9 Å². The van der Waals surface area contributed by atoms with Gasteiger partial charge in [0.2, 0.25) is 0 Å². The topological polar surface area (TPSA) is 46.6 Å². The quantitative estimate of drug-likeness (QED) is 0.581. The predicted molar refractivity (Wildman–Crippen MR) is 134 cm³/mol. The lowest BCUT2D eigenvalue weighted by atomic mass is 9.95. The lowest BCUT2D eigenvalue weighted by molar-refractivity contribution is -0.00522. The second kappa shape index (κ2) is 9.56. The van der Waals surface area contributed by atoms with Gasteiger partial charge in [-0.05, 0) is 101 Å². The lowest BCUT2D eigenvalue weighted by Gasteiger charge is -2.37. The Bertz CT molecular complexity index is 1000. The van der Waals surface area contributed by atoms with Crippen molar-refractivity contribution in [1.82, 2.24) is 0 Å². The third kappa shape index (κ3) is 5.93. The standard InChI is InChI=1S/C27H39NO3S/c1-19-14-25(28-16-21(3)31-22(4)17-28)15-20(2)26(19)13-12-23-8-10-24(11-9-23)18-32(29,30)27(5,6)7/h8-11,14-15,21-22H,12-13,16-18H2,1-7H3/t21-,22+. The van der Waals surface area contributed by atoms with E-state index in [4.69, 9.17) is 4.74 Å². The molecule has 0 bridgehead atoms. The summed E-state index contributed by atoms with van der Waals surface area (Å²) < 4.78 is 30.1. The van der Waals surface area contributed by atoms with E-state index in [0.717, 1.165) is 31.5 Å². The highest BCUT2D eigenvalue weighted by Gasteiger charge is 2.29. The monoisotopic (exact) mass is 457 g/mol. The van der Waals surface area contributed by atoms with Crippen LogP contribution in [0.15, 0.2) is 36.4 Å². The number of morpholine rings is 1. The van der Waals surface area contributed by atoms with E-state index in [1.54, 1.807) is 20.8 Å². The van der Waals surface area contributed by atoms with Crippen LogP contribution in [0.4, 0.5) is 5.69 Å². The summed E-state index contributed by atoms with van der Waals surface area (Å²) >= 11 is 0. The fourth-order valence-corrected chi connectivity index (χ4v) is 5.51. The second-order valence-electron chi connectivity index (χ2n) is 10.4. The molecule has 1 saturated heterocycles. The van der Waals surface area contributed by atoms with E-state index in [0.29, 0.717) is 0 Å².